The van der Waals surface area contributed by atoms with Crippen LogP contribution in [0.25, 0.3) is 0 Å². The molecule has 0 aliphatic carbocycles. The number of rotatable bonds is 11. The molecule has 0 bridgehead atoms. The first-order valence-electron chi connectivity index (χ1n) is 8.49. The predicted molar refractivity (Wildman–Crippen MR) is 97.9 cm³/mol. The van der Waals surface area contributed by atoms with E-state index >= 15 is 0 Å². The van der Waals surface area contributed by atoms with Gasteiger partial charge in [-0.1, -0.05) is 30.9 Å². The zero-order valence-electron chi connectivity index (χ0n) is 14.8. The lowest BCUT2D eigenvalue weighted by Gasteiger charge is -2.13. The van der Waals surface area contributed by atoms with Gasteiger partial charge in [0.2, 0.25) is 11.8 Å². The number of carbonyl (C=O) groups is 2. The van der Waals surface area contributed by atoms with Crippen LogP contribution in [0.2, 0.25) is 0 Å². The summed E-state index contributed by atoms with van der Waals surface area (Å²) in [5.41, 5.74) is 3.53. The van der Waals surface area contributed by atoms with Crippen molar-refractivity contribution in [2.24, 2.45) is 0 Å². The summed E-state index contributed by atoms with van der Waals surface area (Å²) in [7, 11) is 1.96. The van der Waals surface area contributed by atoms with Crippen molar-refractivity contribution in [2.45, 2.75) is 45.1 Å². The number of nitrogens with zero attached hydrogens (tertiary/aromatic N) is 1. The van der Waals surface area contributed by atoms with Gasteiger partial charge in [0.1, 0.15) is 0 Å². The van der Waals surface area contributed by atoms with Crippen LogP contribution in [-0.4, -0.2) is 35.5 Å². The predicted octanol–water partition coefficient (Wildman–Crippen LogP) is 2.54. The number of hydrogen-bond acceptors (Lipinski definition) is 4. The van der Waals surface area contributed by atoms with Crippen LogP contribution in [0.1, 0.15) is 44.1 Å². The van der Waals surface area contributed by atoms with Gasteiger partial charge in [0, 0.05) is 25.1 Å². The highest BCUT2D eigenvalue weighted by Crippen LogP contribution is 2.12. The van der Waals surface area contributed by atoms with Crippen molar-refractivity contribution in [3.63, 3.8) is 0 Å². The average molecular weight is 345 g/mol. The minimum atomic E-state index is -0.369. The van der Waals surface area contributed by atoms with Crippen molar-refractivity contribution in [1.82, 2.24) is 10.4 Å². The first kappa shape index (κ1) is 20.7. The Morgan fingerprint density at radius 2 is 1.68 bits per heavy atom. The Balaban J connectivity index is 2.22. The maximum absolute atomic E-state index is 11.9. The van der Waals surface area contributed by atoms with E-state index in [9.17, 15) is 9.59 Å². The fourth-order valence-electron chi connectivity index (χ4n) is 2.42. The quantitative estimate of drug-likeness (QED) is 0.249. The van der Waals surface area contributed by atoms with E-state index < -0.39 is 0 Å². The molecule has 0 fully saturated rings. The van der Waals surface area contributed by atoms with Crippen molar-refractivity contribution in [1.29, 1.82) is 0 Å². The van der Waals surface area contributed by atoms with Crippen LogP contribution < -0.4 is 10.8 Å². The molecule has 0 heterocycles. The SMILES string of the molecule is C#CCN(C)Cc1ccc(NC(=O)CCCCCCC(=O)NO)cc1. The number of anilines is 1. The molecular weight excluding hydrogens is 318 g/mol. The van der Waals surface area contributed by atoms with Crippen LogP contribution in [0, 0.1) is 12.3 Å². The number of hydroxylamine groups is 1. The van der Waals surface area contributed by atoms with E-state index in [1.54, 1.807) is 5.48 Å². The van der Waals surface area contributed by atoms with Gasteiger partial charge in [0.25, 0.3) is 0 Å². The Morgan fingerprint density at radius 1 is 1.08 bits per heavy atom. The van der Waals surface area contributed by atoms with E-state index in [0.717, 1.165) is 37.1 Å². The third-order valence-corrected chi connectivity index (χ3v) is 3.73. The summed E-state index contributed by atoms with van der Waals surface area (Å²) in [4.78, 5) is 24.8. The Morgan fingerprint density at radius 3 is 2.24 bits per heavy atom. The van der Waals surface area contributed by atoms with Gasteiger partial charge in [-0.3, -0.25) is 19.7 Å². The largest absolute Gasteiger partial charge is 0.326 e. The second-order valence-electron chi connectivity index (χ2n) is 6.07. The fourth-order valence-corrected chi connectivity index (χ4v) is 2.42. The summed E-state index contributed by atoms with van der Waals surface area (Å²) in [6.45, 7) is 1.37. The molecule has 1 rings (SSSR count). The van der Waals surface area contributed by atoms with Gasteiger partial charge in [-0.15, -0.1) is 6.42 Å². The van der Waals surface area contributed by atoms with Gasteiger partial charge in [-0.05, 0) is 37.6 Å². The maximum atomic E-state index is 11.9. The van der Waals surface area contributed by atoms with Gasteiger partial charge < -0.3 is 5.32 Å². The first-order chi connectivity index (χ1) is 12.0. The smallest absolute Gasteiger partial charge is 0.243 e. The molecule has 0 saturated carbocycles. The Labute approximate surface area is 149 Å². The van der Waals surface area contributed by atoms with Crippen molar-refractivity contribution in [3.05, 3.63) is 29.8 Å². The number of hydrogen-bond donors (Lipinski definition) is 3. The normalized spacial score (nSPS) is 10.3. The first-order valence-corrected chi connectivity index (χ1v) is 8.49. The van der Waals surface area contributed by atoms with Crippen molar-refractivity contribution >= 4 is 17.5 Å². The highest BCUT2D eigenvalue weighted by Gasteiger charge is 2.04. The van der Waals surface area contributed by atoms with Crippen molar-refractivity contribution < 1.29 is 14.8 Å². The average Bonchev–Trinajstić information content (AvgIpc) is 2.59. The molecule has 3 N–H and O–H groups in total. The van der Waals surface area contributed by atoms with Crippen LogP contribution in [0.5, 0.6) is 0 Å². The fraction of sp³-hybridized carbons (Fsp3) is 0.474. The van der Waals surface area contributed by atoms with Gasteiger partial charge in [0.15, 0.2) is 0 Å². The second kappa shape index (κ2) is 12.1. The van der Waals surface area contributed by atoms with Crippen LogP contribution in [0.3, 0.4) is 0 Å². The molecule has 0 saturated heterocycles. The summed E-state index contributed by atoms with van der Waals surface area (Å²) < 4.78 is 0. The molecular formula is C19H27N3O3. The number of nitrogens with one attached hydrogen (secondary N) is 2. The molecule has 0 spiro atoms. The van der Waals surface area contributed by atoms with Crippen LogP contribution in [-0.2, 0) is 16.1 Å². The lowest BCUT2D eigenvalue weighted by Crippen LogP contribution is -2.17. The monoisotopic (exact) mass is 345 g/mol. The van der Waals surface area contributed by atoms with E-state index in [2.05, 4.69) is 11.2 Å². The molecule has 136 valence electrons. The summed E-state index contributed by atoms with van der Waals surface area (Å²) in [6.07, 6.45) is 9.28. The summed E-state index contributed by atoms with van der Waals surface area (Å²) in [5, 5.41) is 11.3. The molecule has 0 atom stereocenters. The molecule has 6 nitrogen and oxygen atoms in total. The Kier molecular flexibility index (Phi) is 9.98. The van der Waals surface area contributed by atoms with Crippen molar-refractivity contribution in [2.75, 3.05) is 18.9 Å². The van der Waals surface area contributed by atoms with Gasteiger partial charge >= 0.3 is 0 Å². The number of benzene rings is 1. The lowest BCUT2D eigenvalue weighted by molar-refractivity contribution is -0.129. The van der Waals surface area contributed by atoms with Crippen LogP contribution >= 0.6 is 0 Å². The minimum Gasteiger partial charge on any atom is -0.326 e. The molecule has 25 heavy (non-hydrogen) atoms. The molecule has 0 unspecified atom stereocenters. The third-order valence-electron chi connectivity index (χ3n) is 3.73. The molecule has 1 aromatic rings. The topological polar surface area (TPSA) is 81.7 Å². The summed E-state index contributed by atoms with van der Waals surface area (Å²) >= 11 is 0. The van der Waals surface area contributed by atoms with Gasteiger partial charge in [-0.25, -0.2) is 5.48 Å². The standard InChI is InChI=1S/C19H27N3O3/c1-3-14-22(2)15-16-10-12-17(13-11-16)20-18(23)8-6-4-5-7-9-19(24)21-25/h1,10-13,25H,4-9,14-15H2,2H3,(H,20,23)(H,21,24). The van der Waals surface area contributed by atoms with E-state index in [1.165, 1.54) is 0 Å². The summed E-state index contributed by atoms with van der Waals surface area (Å²) in [6, 6.07) is 7.75. The number of terminal acetylenes is 1. The number of unbranched alkanes of at least 4 members (excludes halogenated alkanes) is 3. The number of carbonyl (C=O) groups excluding carboxylic acids is 2. The summed E-state index contributed by atoms with van der Waals surface area (Å²) in [5.74, 6) is 2.23. The third kappa shape index (κ3) is 9.50. The van der Waals surface area contributed by atoms with Gasteiger partial charge in [0.05, 0.1) is 6.54 Å². The molecule has 0 aliphatic rings. The maximum Gasteiger partial charge on any atom is 0.243 e. The second-order valence-corrected chi connectivity index (χ2v) is 6.07. The van der Waals surface area contributed by atoms with E-state index in [-0.39, 0.29) is 11.8 Å². The molecule has 2 amide bonds. The molecule has 0 radical (unpaired) electrons. The Hall–Kier alpha value is -2.36. The van der Waals surface area contributed by atoms with Crippen LogP contribution in [0.4, 0.5) is 5.69 Å². The zero-order valence-corrected chi connectivity index (χ0v) is 14.8. The molecule has 0 aliphatic heterocycles. The lowest BCUT2D eigenvalue weighted by atomic mass is 10.1. The van der Waals surface area contributed by atoms with Gasteiger partial charge in [-0.2, -0.15) is 0 Å². The minimum absolute atomic E-state index is 0.00898. The van der Waals surface area contributed by atoms with E-state index in [4.69, 9.17) is 11.6 Å². The van der Waals surface area contributed by atoms with Crippen molar-refractivity contribution in [3.8, 4) is 12.3 Å². The van der Waals surface area contributed by atoms with E-state index in [0.29, 0.717) is 25.8 Å². The molecule has 1 aromatic carbocycles. The molecule has 6 heteroatoms. The number of amides is 2. The van der Waals surface area contributed by atoms with E-state index in [1.807, 2.05) is 36.2 Å². The molecule has 0 aromatic heterocycles. The highest BCUT2D eigenvalue weighted by molar-refractivity contribution is 5.90. The van der Waals surface area contributed by atoms with Crippen LogP contribution in [0.15, 0.2) is 24.3 Å². The zero-order chi connectivity index (χ0) is 18.5. The highest BCUT2D eigenvalue weighted by atomic mass is 16.5. The Bertz CT molecular complexity index is 579.